The third-order valence-electron chi connectivity index (χ3n) is 1.82. The number of rotatable bonds is 0. The quantitative estimate of drug-likeness (QED) is 0.482. The lowest BCUT2D eigenvalue weighted by Gasteiger charge is -1.97. The zero-order chi connectivity index (χ0) is 8.55. The van der Waals surface area contributed by atoms with E-state index in [0.717, 1.165) is 11.1 Å². The normalized spacial score (nSPS) is 16.9. The van der Waals surface area contributed by atoms with Crippen molar-refractivity contribution in [1.29, 1.82) is 0 Å². The van der Waals surface area contributed by atoms with Gasteiger partial charge < -0.3 is 5.21 Å². The highest BCUT2D eigenvalue weighted by Crippen LogP contribution is 2.23. The van der Waals surface area contributed by atoms with Gasteiger partial charge in [-0.05, 0) is 23.8 Å². The Labute approximate surface area is 74.8 Å². The lowest BCUT2D eigenvalue weighted by atomic mass is 10.1. The minimum absolute atomic E-state index is 0.585. The summed E-state index contributed by atoms with van der Waals surface area (Å²) in [5.74, 6) is 0. The fourth-order valence-electron chi connectivity index (χ4n) is 1.25. The number of hydrogen-bond acceptors (Lipinski definition) is 2. The minimum atomic E-state index is 0.585. The molecule has 0 aromatic heterocycles. The van der Waals surface area contributed by atoms with Crippen molar-refractivity contribution in [2.45, 2.75) is 0 Å². The van der Waals surface area contributed by atoms with Crippen LogP contribution in [0.2, 0.25) is 5.02 Å². The van der Waals surface area contributed by atoms with Crippen molar-refractivity contribution in [2.75, 3.05) is 0 Å². The molecule has 0 fully saturated rings. The second-order valence-corrected chi connectivity index (χ2v) is 2.99. The number of nitrogens with zero attached hydrogens (tertiary/aromatic N) is 1. The van der Waals surface area contributed by atoms with E-state index in [2.05, 4.69) is 5.16 Å². The second kappa shape index (κ2) is 2.64. The van der Waals surface area contributed by atoms with E-state index >= 15 is 0 Å². The predicted molar refractivity (Wildman–Crippen MR) is 48.8 cm³/mol. The first-order valence-electron chi connectivity index (χ1n) is 3.51. The molecule has 0 amide bonds. The molecule has 0 saturated heterocycles. The maximum Gasteiger partial charge on any atom is 0.110 e. The molecule has 0 spiro atoms. The molecule has 1 aliphatic rings. The predicted octanol–water partition coefficient (Wildman–Crippen LogP) is 2.55. The number of fused-ring (bicyclic) bond motifs is 1. The Balaban J connectivity index is 2.61. The standard InChI is InChI=1S/C9H6ClNO/c10-7-2-3-8-6(5-7)1-4-9(8)11-12/h1-5,12H. The van der Waals surface area contributed by atoms with Crippen molar-refractivity contribution in [2.24, 2.45) is 5.16 Å². The Morgan fingerprint density at radius 2 is 2.08 bits per heavy atom. The third-order valence-corrected chi connectivity index (χ3v) is 2.05. The maximum absolute atomic E-state index is 8.59. The highest BCUT2D eigenvalue weighted by atomic mass is 35.5. The van der Waals surface area contributed by atoms with Crippen molar-refractivity contribution < 1.29 is 5.21 Å². The van der Waals surface area contributed by atoms with Crippen LogP contribution < -0.4 is 0 Å². The van der Waals surface area contributed by atoms with Gasteiger partial charge in [0, 0.05) is 10.6 Å². The summed E-state index contributed by atoms with van der Waals surface area (Å²) in [6.07, 6.45) is 3.62. The molecule has 0 bridgehead atoms. The van der Waals surface area contributed by atoms with E-state index in [1.807, 2.05) is 18.2 Å². The first-order valence-corrected chi connectivity index (χ1v) is 3.89. The zero-order valence-corrected chi connectivity index (χ0v) is 6.92. The SMILES string of the molecule is ON=C1C=Cc2cc(Cl)ccc21. The van der Waals surface area contributed by atoms with E-state index in [4.69, 9.17) is 16.8 Å². The van der Waals surface area contributed by atoms with Gasteiger partial charge in [-0.15, -0.1) is 0 Å². The monoisotopic (exact) mass is 179 g/mol. The summed E-state index contributed by atoms with van der Waals surface area (Å²) < 4.78 is 0. The summed E-state index contributed by atoms with van der Waals surface area (Å²) in [5.41, 5.74) is 2.50. The van der Waals surface area contributed by atoms with Crippen LogP contribution in [0.4, 0.5) is 0 Å². The van der Waals surface area contributed by atoms with Gasteiger partial charge in [-0.25, -0.2) is 0 Å². The largest absolute Gasteiger partial charge is 0.410 e. The van der Waals surface area contributed by atoms with Crippen molar-refractivity contribution in [1.82, 2.24) is 0 Å². The van der Waals surface area contributed by atoms with Gasteiger partial charge in [0.1, 0.15) is 5.71 Å². The van der Waals surface area contributed by atoms with Crippen molar-refractivity contribution in [3.05, 3.63) is 40.4 Å². The Morgan fingerprint density at radius 3 is 2.83 bits per heavy atom. The van der Waals surface area contributed by atoms with Crippen LogP contribution in [0, 0.1) is 0 Å². The Bertz CT molecular complexity index is 382. The van der Waals surface area contributed by atoms with Gasteiger partial charge >= 0.3 is 0 Å². The molecule has 12 heavy (non-hydrogen) atoms. The summed E-state index contributed by atoms with van der Waals surface area (Å²) in [5, 5.41) is 12.4. The summed E-state index contributed by atoms with van der Waals surface area (Å²) in [6.45, 7) is 0. The van der Waals surface area contributed by atoms with E-state index in [1.54, 1.807) is 12.1 Å². The molecule has 2 rings (SSSR count). The van der Waals surface area contributed by atoms with E-state index in [9.17, 15) is 0 Å². The van der Waals surface area contributed by atoms with Crippen molar-refractivity contribution in [3.8, 4) is 0 Å². The first-order chi connectivity index (χ1) is 5.81. The van der Waals surface area contributed by atoms with Crippen LogP contribution in [0.3, 0.4) is 0 Å². The van der Waals surface area contributed by atoms with Gasteiger partial charge in [0.2, 0.25) is 0 Å². The van der Waals surface area contributed by atoms with Gasteiger partial charge in [0.05, 0.1) is 0 Å². The van der Waals surface area contributed by atoms with Crippen LogP contribution in [0.15, 0.2) is 29.4 Å². The molecular weight excluding hydrogens is 174 g/mol. The highest BCUT2D eigenvalue weighted by Gasteiger charge is 2.11. The van der Waals surface area contributed by atoms with Crippen molar-refractivity contribution >= 4 is 23.4 Å². The van der Waals surface area contributed by atoms with Gasteiger partial charge in [0.25, 0.3) is 0 Å². The average Bonchev–Trinajstić information content (AvgIpc) is 2.46. The van der Waals surface area contributed by atoms with E-state index < -0.39 is 0 Å². The smallest absolute Gasteiger partial charge is 0.110 e. The van der Waals surface area contributed by atoms with Gasteiger partial charge in [-0.1, -0.05) is 28.9 Å². The molecule has 60 valence electrons. The maximum atomic E-state index is 8.59. The summed E-state index contributed by atoms with van der Waals surface area (Å²) in [4.78, 5) is 0. The lowest BCUT2D eigenvalue weighted by molar-refractivity contribution is 0.320. The number of hydrogen-bond donors (Lipinski definition) is 1. The minimum Gasteiger partial charge on any atom is -0.410 e. The van der Waals surface area contributed by atoms with Gasteiger partial charge in [-0.2, -0.15) is 0 Å². The lowest BCUT2D eigenvalue weighted by Crippen LogP contribution is -1.92. The summed E-state index contributed by atoms with van der Waals surface area (Å²) in [6, 6.07) is 5.46. The molecule has 0 radical (unpaired) electrons. The summed E-state index contributed by atoms with van der Waals surface area (Å²) >= 11 is 5.78. The molecule has 0 heterocycles. The Morgan fingerprint density at radius 1 is 1.25 bits per heavy atom. The molecule has 3 heteroatoms. The molecule has 1 N–H and O–H groups in total. The highest BCUT2D eigenvalue weighted by molar-refractivity contribution is 6.31. The molecule has 0 aliphatic heterocycles. The molecule has 0 saturated carbocycles. The third kappa shape index (κ3) is 1.01. The fraction of sp³-hybridized carbons (Fsp3) is 0. The van der Waals surface area contributed by atoms with Crippen molar-refractivity contribution in [3.63, 3.8) is 0 Å². The van der Waals surface area contributed by atoms with Crippen LogP contribution in [0.5, 0.6) is 0 Å². The average molecular weight is 180 g/mol. The second-order valence-electron chi connectivity index (χ2n) is 2.55. The van der Waals surface area contributed by atoms with E-state index in [1.165, 1.54) is 0 Å². The summed E-state index contributed by atoms with van der Waals surface area (Å²) in [7, 11) is 0. The van der Waals surface area contributed by atoms with Gasteiger partial charge in [0.15, 0.2) is 0 Å². The molecule has 1 aliphatic carbocycles. The topological polar surface area (TPSA) is 32.6 Å². The van der Waals surface area contributed by atoms with Crippen LogP contribution >= 0.6 is 11.6 Å². The Kier molecular flexibility index (Phi) is 1.62. The molecular formula is C9H6ClNO. The molecule has 0 unspecified atom stereocenters. The number of oxime groups is 1. The van der Waals surface area contributed by atoms with Gasteiger partial charge in [-0.3, -0.25) is 0 Å². The van der Waals surface area contributed by atoms with Crippen LogP contribution in [0.25, 0.3) is 6.08 Å². The first kappa shape index (κ1) is 7.37. The van der Waals surface area contributed by atoms with Crippen LogP contribution in [-0.4, -0.2) is 10.9 Å². The zero-order valence-electron chi connectivity index (χ0n) is 6.16. The molecule has 1 aromatic rings. The van der Waals surface area contributed by atoms with Crippen LogP contribution in [-0.2, 0) is 0 Å². The molecule has 2 nitrogen and oxygen atoms in total. The number of benzene rings is 1. The molecule has 1 aromatic carbocycles. The van der Waals surface area contributed by atoms with E-state index in [-0.39, 0.29) is 0 Å². The number of allylic oxidation sites excluding steroid dienone is 1. The molecule has 0 atom stereocenters. The Hall–Kier alpha value is -1.28. The fourth-order valence-corrected chi connectivity index (χ4v) is 1.43. The van der Waals surface area contributed by atoms with E-state index in [0.29, 0.717) is 10.7 Å². The number of halogens is 1. The van der Waals surface area contributed by atoms with Crippen LogP contribution in [0.1, 0.15) is 11.1 Å².